The second kappa shape index (κ2) is 13.1. The van der Waals surface area contributed by atoms with Gasteiger partial charge in [-0.25, -0.2) is 13.8 Å². The molecule has 5 nitrogen and oxygen atoms in total. The van der Waals surface area contributed by atoms with Gasteiger partial charge in [-0.2, -0.15) is 0 Å². The summed E-state index contributed by atoms with van der Waals surface area (Å²) in [7, 11) is 0. The molecule has 29 heavy (non-hydrogen) atoms. The van der Waals surface area contributed by atoms with Crippen LogP contribution in [0.3, 0.4) is 0 Å². The lowest BCUT2D eigenvalue weighted by atomic mass is 10.1. The Bertz CT molecular complexity index is 830. The molecular weight excluding hydrogens is 489 g/mol. The Morgan fingerprint density at radius 1 is 1.00 bits per heavy atom. The third-order valence-corrected chi connectivity index (χ3v) is 3.99. The molecule has 2 aromatic carbocycles. The molecule has 0 heterocycles. The molecule has 0 unspecified atom stereocenters. The van der Waals surface area contributed by atoms with Crippen molar-refractivity contribution in [2.45, 2.75) is 26.8 Å². The molecule has 0 fully saturated rings. The predicted octanol–water partition coefficient (Wildman–Crippen LogP) is 3.31. The lowest BCUT2D eigenvalue weighted by Gasteiger charge is -2.12. The van der Waals surface area contributed by atoms with Crippen molar-refractivity contribution in [2.75, 3.05) is 19.6 Å². The van der Waals surface area contributed by atoms with E-state index in [0.717, 1.165) is 5.56 Å². The van der Waals surface area contributed by atoms with Gasteiger partial charge in [-0.1, -0.05) is 24.3 Å². The number of halogens is 3. The quantitative estimate of drug-likeness (QED) is 0.219. The van der Waals surface area contributed by atoms with Crippen LogP contribution in [0.2, 0.25) is 0 Å². The second-order valence-corrected chi connectivity index (χ2v) is 6.36. The minimum Gasteiger partial charge on any atom is -0.357 e. The summed E-state index contributed by atoms with van der Waals surface area (Å²) in [6.45, 7) is 5.57. The van der Waals surface area contributed by atoms with Gasteiger partial charge in [0.1, 0.15) is 11.6 Å². The van der Waals surface area contributed by atoms with E-state index >= 15 is 0 Å². The van der Waals surface area contributed by atoms with Crippen molar-refractivity contribution < 1.29 is 13.6 Å². The molecule has 0 atom stereocenters. The molecule has 0 aliphatic rings. The molecule has 0 saturated carbocycles. The Labute approximate surface area is 187 Å². The van der Waals surface area contributed by atoms with E-state index in [-0.39, 0.29) is 47.9 Å². The van der Waals surface area contributed by atoms with Gasteiger partial charge in [-0.05, 0) is 48.7 Å². The van der Waals surface area contributed by atoms with Gasteiger partial charge in [0.2, 0.25) is 5.91 Å². The molecule has 0 aromatic heterocycles. The topological polar surface area (TPSA) is 65.5 Å². The summed E-state index contributed by atoms with van der Waals surface area (Å²) in [5.74, 6) is -0.189. The maximum absolute atomic E-state index is 13.6. The zero-order valence-electron chi connectivity index (χ0n) is 16.6. The van der Waals surface area contributed by atoms with Gasteiger partial charge in [0, 0.05) is 19.6 Å². The fraction of sp³-hybridized carbons (Fsp3) is 0.333. The minimum atomic E-state index is -0.355. The Hall–Kier alpha value is -2.23. The van der Waals surface area contributed by atoms with Crippen molar-refractivity contribution >= 4 is 35.8 Å². The Balaban J connectivity index is 0.00000420. The third-order valence-electron chi connectivity index (χ3n) is 3.99. The smallest absolute Gasteiger partial charge is 0.224 e. The van der Waals surface area contributed by atoms with Crippen LogP contribution in [0, 0.1) is 18.6 Å². The van der Waals surface area contributed by atoms with E-state index in [2.05, 4.69) is 20.9 Å². The molecule has 0 spiro atoms. The zero-order chi connectivity index (χ0) is 20.4. The first-order valence-electron chi connectivity index (χ1n) is 9.26. The van der Waals surface area contributed by atoms with Crippen molar-refractivity contribution in [3.05, 3.63) is 70.8 Å². The highest BCUT2D eigenvalue weighted by Crippen LogP contribution is 2.10. The number of nitrogens with one attached hydrogen (secondary N) is 3. The van der Waals surface area contributed by atoms with E-state index in [9.17, 15) is 13.6 Å². The fourth-order valence-electron chi connectivity index (χ4n) is 2.52. The van der Waals surface area contributed by atoms with E-state index in [4.69, 9.17) is 0 Å². The van der Waals surface area contributed by atoms with Crippen molar-refractivity contribution in [1.29, 1.82) is 0 Å². The summed E-state index contributed by atoms with van der Waals surface area (Å²) < 4.78 is 26.8. The number of nitrogens with zero attached hydrogens (tertiary/aromatic N) is 1. The number of amides is 1. The van der Waals surface area contributed by atoms with Gasteiger partial charge in [-0.15, -0.1) is 24.0 Å². The van der Waals surface area contributed by atoms with Gasteiger partial charge >= 0.3 is 0 Å². The molecule has 0 bridgehead atoms. The molecular formula is C21H27F2IN4O. The van der Waals surface area contributed by atoms with E-state index < -0.39 is 0 Å². The van der Waals surface area contributed by atoms with E-state index in [0.29, 0.717) is 43.3 Å². The first kappa shape index (κ1) is 24.8. The Morgan fingerprint density at radius 3 is 2.45 bits per heavy atom. The maximum Gasteiger partial charge on any atom is 0.224 e. The van der Waals surface area contributed by atoms with Crippen LogP contribution in [-0.4, -0.2) is 31.5 Å². The van der Waals surface area contributed by atoms with Crippen LogP contribution in [0.1, 0.15) is 23.6 Å². The number of hydrogen-bond acceptors (Lipinski definition) is 2. The SMILES string of the molecule is CCNC(=NCc1ccc(C)c(F)c1)NCCNC(=O)Cc1cccc(F)c1.I. The normalized spacial score (nSPS) is 10.8. The first-order chi connectivity index (χ1) is 13.5. The van der Waals surface area contributed by atoms with Gasteiger partial charge in [0.15, 0.2) is 5.96 Å². The summed E-state index contributed by atoms with van der Waals surface area (Å²) in [4.78, 5) is 16.3. The summed E-state index contributed by atoms with van der Waals surface area (Å²) in [5, 5.41) is 9.00. The predicted molar refractivity (Wildman–Crippen MR) is 122 cm³/mol. The number of aryl methyl sites for hydroxylation is 1. The highest BCUT2D eigenvalue weighted by molar-refractivity contribution is 14.0. The second-order valence-electron chi connectivity index (χ2n) is 6.36. The van der Waals surface area contributed by atoms with Crippen LogP contribution in [0.5, 0.6) is 0 Å². The molecule has 1 amide bonds. The van der Waals surface area contributed by atoms with Crippen molar-refractivity contribution in [1.82, 2.24) is 16.0 Å². The summed E-state index contributed by atoms with van der Waals surface area (Å²) in [6, 6.07) is 11.0. The lowest BCUT2D eigenvalue weighted by Crippen LogP contribution is -2.41. The average molecular weight is 516 g/mol. The molecule has 0 aliphatic heterocycles. The number of rotatable bonds is 8. The molecule has 8 heteroatoms. The Morgan fingerprint density at radius 2 is 1.76 bits per heavy atom. The molecule has 0 radical (unpaired) electrons. The monoisotopic (exact) mass is 516 g/mol. The number of carbonyl (C=O) groups is 1. The molecule has 0 saturated heterocycles. The minimum absolute atomic E-state index is 0. The van der Waals surface area contributed by atoms with E-state index in [1.54, 1.807) is 25.1 Å². The number of aliphatic imine (C=N–C) groups is 1. The number of hydrogen-bond donors (Lipinski definition) is 3. The first-order valence-corrected chi connectivity index (χ1v) is 9.26. The number of carbonyl (C=O) groups excluding carboxylic acids is 1. The average Bonchev–Trinajstić information content (AvgIpc) is 2.66. The largest absolute Gasteiger partial charge is 0.357 e. The van der Waals surface area contributed by atoms with Crippen LogP contribution in [0.25, 0.3) is 0 Å². The van der Waals surface area contributed by atoms with Gasteiger partial charge in [0.25, 0.3) is 0 Å². The molecule has 3 N–H and O–H groups in total. The summed E-state index contributed by atoms with van der Waals surface area (Å²) >= 11 is 0. The zero-order valence-corrected chi connectivity index (χ0v) is 18.9. The van der Waals surface area contributed by atoms with Gasteiger partial charge < -0.3 is 16.0 Å². The number of guanidine groups is 1. The van der Waals surface area contributed by atoms with Crippen LogP contribution in [-0.2, 0) is 17.8 Å². The molecule has 0 aliphatic carbocycles. The molecule has 2 aromatic rings. The third kappa shape index (κ3) is 9.21. The highest BCUT2D eigenvalue weighted by atomic mass is 127. The standard InChI is InChI=1S/C21H26F2N4O.HI/c1-3-24-21(27-14-17-8-7-15(2)19(23)12-17)26-10-9-25-20(28)13-16-5-4-6-18(22)11-16;/h4-8,11-12H,3,9-10,13-14H2,1-2H3,(H,25,28)(H2,24,26,27);1H. The molecule has 158 valence electrons. The van der Waals surface area contributed by atoms with Crippen LogP contribution in [0.4, 0.5) is 8.78 Å². The van der Waals surface area contributed by atoms with Crippen molar-refractivity contribution in [2.24, 2.45) is 4.99 Å². The van der Waals surface area contributed by atoms with Gasteiger partial charge in [0.05, 0.1) is 13.0 Å². The van der Waals surface area contributed by atoms with Gasteiger partial charge in [-0.3, -0.25) is 4.79 Å². The van der Waals surface area contributed by atoms with Crippen LogP contribution in [0.15, 0.2) is 47.5 Å². The molecule has 2 rings (SSSR count). The fourth-order valence-corrected chi connectivity index (χ4v) is 2.52. The van der Waals surface area contributed by atoms with E-state index in [1.807, 2.05) is 13.0 Å². The van der Waals surface area contributed by atoms with Crippen molar-refractivity contribution in [3.8, 4) is 0 Å². The Kier molecular flexibility index (Phi) is 11.2. The summed E-state index contributed by atoms with van der Waals surface area (Å²) in [5.41, 5.74) is 2.01. The van der Waals surface area contributed by atoms with Crippen molar-refractivity contribution in [3.63, 3.8) is 0 Å². The van der Waals surface area contributed by atoms with Crippen LogP contribution >= 0.6 is 24.0 Å². The highest BCUT2D eigenvalue weighted by Gasteiger charge is 2.04. The number of benzene rings is 2. The van der Waals surface area contributed by atoms with E-state index in [1.165, 1.54) is 18.2 Å². The lowest BCUT2D eigenvalue weighted by molar-refractivity contribution is -0.120. The summed E-state index contributed by atoms with van der Waals surface area (Å²) in [6.07, 6.45) is 0.130. The van der Waals surface area contributed by atoms with Crippen LogP contribution < -0.4 is 16.0 Å². The maximum atomic E-state index is 13.6.